The summed E-state index contributed by atoms with van der Waals surface area (Å²) in [5.74, 6) is 1.93. The van der Waals surface area contributed by atoms with Gasteiger partial charge in [-0.15, -0.1) is 34.0 Å². The van der Waals surface area contributed by atoms with E-state index in [1.54, 1.807) is 0 Å². The van der Waals surface area contributed by atoms with Gasteiger partial charge in [0, 0.05) is 93.5 Å². The van der Waals surface area contributed by atoms with Crippen molar-refractivity contribution >= 4 is 127 Å². The van der Waals surface area contributed by atoms with Crippen LogP contribution in [0.1, 0.15) is 0 Å². The molecule has 68 heavy (non-hydrogen) atoms. The van der Waals surface area contributed by atoms with Gasteiger partial charge in [0.2, 0.25) is 0 Å². The van der Waals surface area contributed by atoms with Crippen molar-refractivity contribution < 1.29 is 0 Å². The lowest BCUT2D eigenvalue weighted by Gasteiger charge is -2.17. The summed E-state index contributed by atoms with van der Waals surface area (Å²) < 4.78 is 9.92. The lowest BCUT2D eigenvalue weighted by molar-refractivity contribution is 1.08. The van der Waals surface area contributed by atoms with E-state index in [4.69, 9.17) is 15.0 Å². The molecular formula is C61H34N4S3. The van der Waals surface area contributed by atoms with E-state index in [0.29, 0.717) is 17.5 Å². The van der Waals surface area contributed by atoms with E-state index in [1.165, 1.54) is 82.1 Å². The van der Waals surface area contributed by atoms with Crippen molar-refractivity contribution in [3.05, 3.63) is 206 Å². The molecule has 316 valence electrons. The zero-order valence-corrected chi connectivity index (χ0v) is 38.6. The highest BCUT2D eigenvalue weighted by molar-refractivity contribution is 7.26. The molecule has 0 atom stereocenters. The Morgan fingerprint density at radius 3 is 1.50 bits per heavy atom. The number of rotatable bonds is 5. The molecule has 0 fully saturated rings. The van der Waals surface area contributed by atoms with E-state index in [9.17, 15) is 0 Å². The topological polar surface area (TPSA) is 43.6 Å². The van der Waals surface area contributed by atoms with Gasteiger partial charge in [0.25, 0.3) is 0 Å². The first-order chi connectivity index (χ1) is 33.7. The SMILES string of the molecule is c1ccc2cc3c(cc2c1)c1ccccc1n3-c1ccc(-c2nc(-c3cccc4sc5ccccc5c34)nc(-c3cccc4sc5ccccc5c34)n2)cc1-c1ccc2sc3ccccc3c2c1. The van der Waals surface area contributed by atoms with Crippen molar-refractivity contribution in [1.29, 1.82) is 0 Å². The van der Waals surface area contributed by atoms with Crippen molar-refractivity contribution in [3.8, 4) is 51.0 Å². The van der Waals surface area contributed by atoms with Crippen LogP contribution in [0.4, 0.5) is 0 Å². The third-order valence-corrected chi connectivity index (χ3v) is 17.1. The fourth-order valence-corrected chi connectivity index (χ4v) is 13.9. The molecule has 0 spiro atoms. The summed E-state index contributed by atoms with van der Waals surface area (Å²) >= 11 is 5.46. The van der Waals surface area contributed by atoms with Crippen LogP contribution >= 0.6 is 34.0 Å². The van der Waals surface area contributed by atoms with Crippen molar-refractivity contribution in [2.45, 2.75) is 0 Å². The minimum Gasteiger partial charge on any atom is -0.309 e. The molecule has 5 heterocycles. The van der Waals surface area contributed by atoms with Crippen LogP contribution in [0.5, 0.6) is 0 Å². The van der Waals surface area contributed by atoms with Crippen LogP contribution in [0, 0.1) is 0 Å². The van der Waals surface area contributed by atoms with Crippen molar-refractivity contribution in [2.75, 3.05) is 0 Å². The molecular weight excluding hydrogens is 885 g/mol. The van der Waals surface area contributed by atoms with Gasteiger partial charge in [-0.1, -0.05) is 127 Å². The zero-order chi connectivity index (χ0) is 44.5. The van der Waals surface area contributed by atoms with E-state index < -0.39 is 0 Å². The first-order valence-electron chi connectivity index (χ1n) is 22.7. The minimum absolute atomic E-state index is 0.626. The third-order valence-electron chi connectivity index (χ3n) is 13.6. The number of nitrogens with zero attached hydrogens (tertiary/aromatic N) is 4. The summed E-state index contributed by atoms with van der Waals surface area (Å²) in [5, 5.41) is 12.2. The maximum atomic E-state index is 5.49. The second kappa shape index (κ2) is 14.7. The Bertz CT molecular complexity index is 4460. The Balaban J connectivity index is 1.03. The molecule has 0 radical (unpaired) electrons. The second-order valence-corrected chi connectivity index (χ2v) is 20.7. The molecule has 10 aromatic carbocycles. The summed E-state index contributed by atoms with van der Waals surface area (Å²) in [7, 11) is 0. The van der Waals surface area contributed by atoms with Crippen LogP contribution in [0.2, 0.25) is 0 Å². The van der Waals surface area contributed by atoms with Crippen LogP contribution < -0.4 is 0 Å². The van der Waals surface area contributed by atoms with E-state index in [-0.39, 0.29) is 0 Å². The Labute approximate surface area is 401 Å². The predicted molar refractivity (Wildman–Crippen MR) is 292 cm³/mol. The van der Waals surface area contributed by atoms with Crippen molar-refractivity contribution in [2.24, 2.45) is 0 Å². The Morgan fingerprint density at radius 1 is 0.294 bits per heavy atom. The summed E-state index contributed by atoms with van der Waals surface area (Å²) in [5.41, 5.74) is 8.54. The van der Waals surface area contributed by atoms with Gasteiger partial charge in [0.1, 0.15) is 0 Å². The lowest BCUT2D eigenvalue weighted by Crippen LogP contribution is -2.02. The zero-order valence-electron chi connectivity index (χ0n) is 36.1. The molecule has 15 aromatic rings. The van der Waals surface area contributed by atoms with E-state index in [0.717, 1.165) is 44.5 Å². The quantitative estimate of drug-likeness (QED) is 0.173. The molecule has 0 aliphatic heterocycles. The normalized spacial score (nSPS) is 12.1. The molecule has 0 N–H and O–H groups in total. The van der Waals surface area contributed by atoms with Crippen molar-refractivity contribution in [1.82, 2.24) is 19.5 Å². The van der Waals surface area contributed by atoms with Crippen molar-refractivity contribution in [3.63, 3.8) is 0 Å². The lowest BCUT2D eigenvalue weighted by atomic mass is 9.98. The molecule has 0 aliphatic carbocycles. The highest BCUT2D eigenvalue weighted by Gasteiger charge is 2.22. The van der Waals surface area contributed by atoms with Gasteiger partial charge in [0.15, 0.2) is 17.5 Å². The Hall–Kier alpha value is -8.07. The van der Waals surface area contributed by atoms with Gasteiger partial charge in [-0.3, -0.25) is 0 Å². The number of fused-ring (bicyclic) bond motifs is 13. The van der Waals surface area contributed by atoms with E-state index in [2.05, 4.69) is 211 Å². The van der Waals surface area contributed by atoms with Gasteiger partial charge in [-0.05, 0) is 95.2 Å². The van der Waals surface area contributed by atoms with Gasteiger partial charge in [0.05, 0.1) is 16.7 Å². The maximum absolute atomic E-state index is 5.49. The highest BCUT2D eigenvalue weighted by Crippen LogP contribution is 2.45. The number of para-hydroxylation sites is 1. The summed E-state index contributed by atoms with van der Waals surface area (Å²) in [6, 6.07) is 75.1. The van der Waals surface area contributed by atoms with E-state index in [1.807, 2.05) is 34.0 Å². The molecule has 0 bridgehead atoms. The fraction of sp³-hybridized carbons (Fsp3) is 0. The van der Waals surface area contributed by atoms with Gasteiger partial charge >= 0.3 is 0 Å². The molecule has 15 rings (SSSR count). The fourth-order valence-electron chi connectivity index (χ4n) is 10.6. The number of benzene rings is 10. The first-order valence-corrected chi connectivity index (χ1v) is 25.2. The predicted octanol–water partition coefficient (Wildman–Crippen LogP) is 17.9. The standard InChI is InChI=1S/C61H34N4S3/c1-2-14-36-34-50-46(31-35(36)13-1)39-15-3-7-21-48(39)65(50)49-29-27-38(33-45(49)37-28-30-54-47(32-37)40-16-4-8-22-51(40)66-54)59-62-60(43-19-11-25-55-57(43)41-17-5-9-23-52(41)67-55)64-61(63-59)44-20-12-26-56-58(44)42-18-6-10-24-53(42)68-56/h1-34H. The van der Waals surface area contributed by atoms with Gasteiger partial charge in [-0.2, -0.15) is 0 Å². The van der Waals surface area contributed by atoms with Gasteiger partial charge < -0.3 is 4.57 Å². The van der Waals surface area contributed by atoms with Crippen LogP contribution in [-0.4, -0.2) is 19.5 Å². The molecule has 0 amide bonds. The van der Waals surface area contributed by atoms with Crippen LogP contribution in [0.3, 0.4) is 0 Å². The first kappa shape index (κ1) is 38.1. The van der Waals surface area contributed by atoms with Crippen LogP contribution in [0.15, 0.2) is 206 Å². The summed E-state index contributed by atoms with van der Waals surface area (Å²) in [6.07, 6.45) is 0. The Morgan fingerprint density at radius 2 is 0.809 bits per heavy atom. The monoisotopic (exact) mass is 918 g/mol. The average molecular weight is 919 g/mol. The molecule has 0 unspecified atom stereocenters. The molecule has 7 heteroatoms. The smallest absolute Gasteiger partial charge is 0.164 e. The van der Waals surface area contributed by atoms with Gasteiger partial charge in [-0.25, -0.2) is 15.0 Å². The molecule has 0 saturated carbocycles. The molecule has 5 aromatic heterocycles. The Kier molecular flexibility index (Phi) is 8.24. The number of thiophene rings is 3. The minimum atomic E-state index is 0.626. The molecule has 0 aliphatic rings. The maximum Gasteiger partial charge on any atom is 0.164 e. The summed E-state index contributed by atoms with van der Waals surface area (Å²) in [6.45, 7) is 0. The molecule has 4 nitrogen and oxygen atoms in total. The van der Waals surface area contributed by atoms with Crippen LogP contribution in [0.25, 0.3) is 144 Å². The number of aromatic nitrogens is 4. The molecule has 0 saturated heterocycles. The third kappa shape index (κ3) is 5.74. The average Bonchev–Trinajstić information content (AvgIpc) is 4.16. The highest BCUT2D eigenvalue weighted by atomic mass is 32.1. The summed E-state index contributed by atoms with van der Waals surface area (Å²) in [4.78, 5) is 16.4. The number of hydrogen-bond donors (Lipinski definition) is 0. The number of hydrogen-bond acceptors (Lipinski definition) is 6. The largest absolute Gasteiger partial charge is 0.309 e. The van der Waals surface area contributed by atoms with Crippen LogP contribution in [-0.2, 0) is 0 Å². The van der Waals surface area contributed by atoms with E-state index >= 15 is 0 Å². The second-order valence-electron chi connectivity index (χ2n) is 17.5.